The standard InChI is InChI=1S/C22H19F3N2O5S/c1-14-6-9-16(10-7-14)27-33(29,30)20-12-15(8-11-19(20)31-2)21(28)26-17-4-3-5-18(13-17)32-22(23,24)25/h3-13,27H,1-2H3,(H,26,28). The molecule has 3 rings (SSSR count). The lowest BCUT2D eigenvalue weighted by Crippen LogP contribution is -2.18. The summed E-state index contributed by atoms with van der Waals surface area (Å²) < 4.78 is 74.5. The third kappa shape index (κ3) is 6.39. The van der Waals surface area contributed by atoms with E-state index in [1.807, 2.05) is 6.92 Å². The molecule has 0 aliphatic carbocycles. The van der Waals surface area contributed by atoms with Crippen LogP contribution in [0.5, 0.6) is 11.5 Å². The van der Waals surface area contributed by atoms with E-state index < -0.39 is 28.0 Å². The van der Waals surface area contributed by atoms with E-state index in [2.05, 4.69) is 14.8 Å². The normalized spacial score (nSPS) is 11.5. The lowest BCUT2D eigenvalue weighted by atomic mass is 10.2. The molecule has 0 aromatic heterocycles. The predicted molar refractivity (Wildman–Crippen MR) is 116 cm³/mol. The van der Waals surface area contributed by atoms with Crippen LogP contribution in [-0.4, -0.2) is 27.8 Å². The highest BCUT2D eigenvalue weighted by Crippen LogP contribution is 2.28. The Morgan fingerprint density at radius 2 is 1.64 bits per heavy atom. The number of alkyl halides is 3. The summed E-state index contributed by atoms with van der Waals surface area (Å²) in [6.45, 7) is 1.86. The maximum Gasteiger partial charge on any atom is 0.573 e. The fraction of sp³-hybridized carbons (Fsp3) is 0.136. The number of hydrogen-bond donors (Lipinski definition) is 2. The van der Waals surface area contributed by atoms with Crippen LogP contribution in [0.3, 0.4) is 0 Å². The molecule has 0 spiro atoms. The highest BCUT2D eigenvalue weighted by molar-refractivity contribution is 7.92. The number of amides is 1. The molecule has 0 fully saturated rings. The lowest BCUT2D eigenvalue weighted by molar-refractivity contribution is -0.274. The number of nitrogens with one attached hydrogen (secondary N) is 2. The SMILES string of the molecule is COc1ccc(C(=O)Nc2cccc(OC(F)(F)F)c2)cc1S(=O)(=O)Nc1ccc(C)cc1. The zero-order chi connectivity index (χ0) is 24.2. The molecule has 7 nitrogen and oxygen atoms in total. The molecule has 174 valence electrons. The maximum absolute atomic E-state index is 12.9. The van der Waals surface area contributed by atoms with Gasteiger partial charge in [-0.1, -0.05) is 23.8 Å². The van der Waals surface area contributed by atoms with Crippen molar-refractivity contribution < 1.29 is 35.9 Å². The van der Waals surface area contributed by atoms with E-state index >= 15 is 0 Å². The first-order valence-electron chi connectivity index (χ1n) is 9.41. The van der Waals surface area contributed by atoms with E-state index in [1.165, 1.54) is 31.4 Å². The molecule has 0 bridgehead atoms. The van der Waals surface area contributed by atoms with Gasteiger partial charge in [0.2, 0.25) is 0 Å². The van der Waals surface area contributed by atoms with E-state index in [0.29, 0.717) is 5.69 Å². The van der Waals surface area contributed by atoms with Crippen LogP contribution in [-0.2, 0) is 10.0 Å². The summed E-state index contributed by atoms with van der Waals surface area (Å²) in [5.74, 6) is -1.25. The monoisotopic (exact) mass is 480 g/mol. The van der Waals surface area contributed by atoms with Gasteiger partial charge in [-0.25, -0.2) is 8.42 Å². The third-order valence-corrected chi connectivity index (χ3v) is 5.75. The van der Waals surface area contributed by atoms with Crippen LogP contribution in [0.4, 0.5) is 24.5 Å². The zero-order valence-electron chi connectivity index (χ0n) is 17.4. The number of sulfonamides is 1. The first-order valence-corrected chi connectivity index (χ1v) is 10.9. The van der Waals surface area contributed by atoms with Gasteiger partial charge in [-0.3, -0.25) is 9.52 Å². The first kappa shape index (κ1) is 23.9. The molecule has 0 aliphatic heterocycles. The van der Waals surface area contributed by atoms with Crippen molar-refractivity contribution in [2.45, 2.75) is 18.2 Å². The van der Waals surface area contributed by atoms with Crippen LogP contribution in [0.1, 0.15) is 15.9 Å². The summed E-state index contributed by atoms with van der Waals surface area (Å²) in [5, 5.41) is 2.41. The van der Waals surface area contributed by atoms with Crippen molar-refractivity contribution in [1.82, 2.24) is 0 Å². The number of rotatable bonds is 7. The molecule has 33 heavy (non-hydrogen) atoms. The molecule has 0 aliphatic rings. The van der Waals surface area contributed by atoms with Gasteiger partial charge in [0.1, 0.15) is 16.4 Å². The molecule has 0 saturated heterocycles. The summed E-state index contributed by atoms with van der Waals surface area (Å²) in [6.07, 6.45) is -4.88. The van der Waals surface area contributed by atoms with Crippen LogP contribution in [0.2, 0.25) is 0 Å². The Kier molecular flexibility index (Phi) is 6.82. The minimum Gasteiger partial charge on any atom is -0.495 e. The highest BCUT2D eigenvalue weighted by atomic mass is 32.2. The predicted octanol–water partition coefficient (Wildman–Crippen LogP) is 4.96. The highest BCUT2D eigenvalue weighted by Gasteiger charge is 2.31. The summed E-state index contributed by atoms with van der Waals surface area (Å²) in [6, 6.07) is 15.1. The van der Waals surface area contributed by atoms with Gasteiger partial charge in [-0.2, -0.15) is 0 Å². The quantitative estimate of drug-likeness (QED) is 0.499. The van der Waals surface area contributed by atoms with E-state index in [9.17, 15) is 26.4 Å². The number of anilines is 2. The summed E-state index contributed by atoms with van der Waals surface area (Å²) >= 11 is 0. The molecule has 0 atom stereocenters. The van der Waals surface area contributed by atoms with E-state index in [1.54, 1.807) is 24.3 Å². The number of benzene rings is 3. The number of halogens is 3. The number of carbonyl (C=O) groups excluding carboxylic acids is 1. The third-order valence-electron chi connectivity index (χ3n) is 4.34. The lowest BCUT2D eigenvalue weighted by Gasteiger charge is -2.14. The molecule has 0 saturated carbocycles. The fourth-order valence-corrected chi connectivity index (χ4v) is 4.09. The van der Waals surface area contributed by atoms with Crippen molar-refractivity contribution in [1.29, 1.82) is 0 Å². The smallest absolute Gasteiger partial charge is 0.495 e. The second-order valence-electron chi connectivity index (χ2n) is 6.87. The summed E-state index contributed by atoms with van der Waals surface area (Å²) in [5.41, 5.74) is 1.24. The number of ether oxygens (including phenoxy) is 2. The summed E-state index contributed by atoms with van der Waals surface area (Å²) in [7, 11) is -2.84. The average molecular weight is 480 g/mol. The van der Waals surface area contributed by atoms with Crippen molar-refractivity contribution >= 4 is 27.3 Å². The van der Waals surface area contributed by atoms with Crippen LogP contribution >= 0.6 is 0 Å². The molecule has 11 heteroatoms. The van der Waals surface area contributed by atoms with Crippen molar-refractivity contribution in [2.75, 3.05) is 17.1 Å². The average Bonchev–Trinajstić information content (AvgIpc) is 2.74. The van der Waals surface area contributed by atoms with Gasteiger partial charge in [-0.15, -0.1) is 13.2 Å². The van der Waals surface area contributed by atoms with Gasteiger partial charge in [0, 0.05) is 23.0 Å². The molecule has 3 aromatic carbocycles. The number of methoxy groups -OCH3 is 1. The van der Waals surface area contributed by atoms with Crippen molar-refractivity contribution in [3.8, 4) is 11.5 Å². The Hall–Kier alpha value is -3.73. The molecule has 2 N–H and O–H groups in total. The van der Waals surface area contributed by atoms with E-state index in [0.717, 1.165) is 23.8 Å². The Balaban J connectivity index is 1.86. The van der Waals surface area contributed by atoms with Gasteiger partial charge in [0.05, 0.1) is 7.11 Å². The second kappa shape index (κ2) is 9.41. The molecule has 0 radical (unpaired) electrons. The molecule has 0 heterocycles. The van der Waals surface area contributed by atoms with Gasteiger partial charge in [0.15, 0.2) is 0 Å². The molecular weight excluding hydrogens is 461 g/mol. The van der Waals surface area contributed by atoms with E-state index in [4.69, 9.17) is 4.74 Å². The Labute approximate surface area is 188 Å². The number of aryl methyl sites for hydroxylation is 1. The van der Waals surface area contributed by atoms with Gasteiger partial charge < -0.3 is 14.8 Å². The zero-order valence-corrected chi connectivity index (χ0v) is 18.3. The number of hydrogen-bond acceptors (Lipinski definition) is 5. The Morgan fingerprint density at radius 3 is 2.27 bits per heavy atom. The number of carbonyl (C=O) groups is 1. The van der Waals surface area contributed by atoms with Crippen molar-refractivity contribution in [3.63, 3.8) is 0 Å². The minimum atomic E-state index is -4.88. The van der Waals surface area contributed by atoms with Crippen LogP contribution < -0.4 is 19.5 Å². The van der Waals surface area contributed by atoms with Crippen LogP contribution in [0.15, 0.2) is 71.6 Å². The fourth-order valence-electron chi connectivity index (χ4n) is 2.83. The van der Waals surface area contributed by atoms with Crippen molar-refractivity contribution in [2.24, 2.45) is 0 Å². The molecule has 0 unspecified atom stereocenters. The molecule has 1 amide bonds. The molecule has 3 aromatic rings. The van der Waals surface area contributed by atoms with Crippen LogP contribution in [0.25, 0.3) is 0 Å². The Bertz CT molecular complexity index is 1260. The topological polar surface area (TPSA) is 93.7 Å². The van der Waals surface area contributed by atoms with Gasteiger partial charge in [0.25, 0.3) is 15.9 Å². The van der Waals surface area contributed by atoms with E-state index in [-0.39, 0.29) is 21.9 Å². The second-order valence-corrected chi connectivity index (χ2v) is 8.52. The molecular formula is C22H19F3N2O5S. The Morgan fingerprint density at radius 1 is 0.939 bits per heavy atom. The largest absolute Gasteiger partial charge is 0.573 e. The van der Waals surface area contributed by atoms with Gasteiger partial charge >= 0.3 is 6.36 Å². The first-order chi connectivity index (χ1) is 15.5. The van der Waals surface area contributed by atoms with Gasteiger partial charge in [-0.05, 0) is 49.4 Å². The van der Waals surface area contributed by atoms with Crippen LogP contribution in [0, 0.1) is 6.92 Å². The summed E-state index contributed by atoms with van der Waals surface area (Å²) in [4.78, 5) is 12.4. The maximum atomic E-state index is 12.9. The van der Waals surface area contributed by atoms with Crippen molar-refractivity contribution in [3.05, 3.63) is 77.9 Å². The minimum absolute atomic E-state index is 0.00624.